The monoisotopic (exact) mass is 380 g/mol. The number of amides is 1. The van der Waals surface area contributed by atoms with Crippen LogP contribution in [0.2, 0.25) is 0 Å². The molecule has 0 unspecified atom stereocenters. The Hall–Kier alpha value is -3.62. The quantitative estimate of drug-likeness (QED) is 0.556. The number of aryl methyl sites for hydroxylation is 3. The van der Waals surface area contributed by atoms with Crippen molar-refractivity contribution in [1.29, 1.82) is 0 Å². The number of primary amides is 1. The summed E-state index contributed by atoms with van der Waals surface area (Å²) in [5, 5.41) is 0. The van der Waals surface area contributed by atoms with Crippen molar-refractivity contribution in [2.45, 2.75) is 26.8 Å². The normalized spacial score (nSPS) is 11.5. The third kappa shape index (κ3) is 2.47. The number of nitrogens with zero attached hydrogens (tertiary/aromatic N) is 5. The number of hydrogen-bond acceptors (Lipinski definition) is 4. The maximum absolute atomic E-state index is 12.9. The van der Waals surface area contributed by atoms with E-state index < -0.39 is 23.7 Å². The molecule has 0 fully saturated rings. The first-order valence-corrected chi connectivity index (χ1v) is 8.91. The fourth-order valence-corrected chi connectivity index (χ4v) is 3.51. The van der Waals surface area contributed by atoms with E-state index in [1.807, 2.05) is 35.8 Å². The van der Waals surface area contributed by atoms with Crippen molar-refractivity contribution >= 4 is 22.8 Å². The number of carbonyl (C=O) groups is 1. The number of hydrogen-bond donors (Lipinski definition) is 1. The van der Waals surface area contributed by atoms with Crippen LogP contribution in [0.3, 0.4) is 0 Å². The molecule has 4 rings (SSSR count). The molecule has 0 radical (unpaired) electrons. The highest BCUT2D eigenvalue weighted by atomic mass is 16.2. The molecule has 9 heteroatoms. The average Bonchev–Trinajstić information content (AvgIpc) is 3.18. The van der Waals surface area contributed by atoms with Crippen molar-refractivity contribution in [1.82, 2.24) is 23.1 Å². The zero-order valence-corrected chi connectivity index (χ0v) is 15.8. The minimum atomic E-state index is -0.760. The van der Waals surface area contributed by atoms with E-state index in [-0.39, 0.29) is 11.2 Å². The number of nitrogens with two attached hydrogens (primary N) is 1. The van der Waals surface area contributed by atoms with Crippen LogP contribution in [0.25, 0.3) is 22.6 Å². The number of aromatic nitrogens is 5. The summed E-state index contributed by atoms with van der Waals surface area (Å²) in [6, 6.07) is 8.08. The van der Waals surface area contributed by atoms with Crippen LogP contribution >= 0.6 is 0 Å². The fraction of sp³-hybridized carbons (Fsp3) is 0.263. The molecule has 9 nitrogen and oxygen atoms in total. The van der Waals surface area contributed by atoms with Gasteiger partial charge in [0, 0.05) is 24.6 Å². The predicted octanol–water partition coefficient (Wildman–Crippen LogP) is 0.495. The van der Waals surface area contributed by atoms with Crippen molar-refractivity contribution in [3.05, 3.63) is 62.6 Å². The smallest absolute Gasteiger partial charge is 0.332 e. The lowest BCUT2D eigenvalue weighted by molar-refractivity contribution is -0.118. The van der Waals surface area contributed by atoms with Crippen LogP contribution in [0.4, 0.5) is 0 Å². The molecular weight excluding hydrogens is 360 g/mol. The third-order valence-corrected chi connectivity index (χ3v) is 4.94. The summed E-state index contributed by atoms with van der Waals surface area (Å²) in [5.74, 6) is -0.246. The topological polar surface area (TPSA) is 109 Å². The van der Waals surface area contributed by atoms with Gasteiger partial charge in [0.15, 0.2) is 11.2 Å². The summed E-state index contributed by atoms with van der Waals surface area (Å²) in [6.07, 6.45) is 2.73. The van der Waals surface area contributed by atoms with Gasteiger partial charge in [-0.2, -0.15) is 4.98 Å². The van der Waals surface area contributed by atoms with E-state index in [0.717, 1.165) is 22.4 Å². The molecular formula is C19H20N6O3. The van der Waals surface area contributed by atoms with Crippen LogP contribution < -0.4 is 17.0 Å². The lowest BCUT2D eigenvalue weighted by Crippen LogP contribution is -2.42. The lowest BCUT2D eigenvalue weighted by atomic mass is 10.1. The van der Waals surface area contributed by atoms with Gasteiger partial charge in [-0.3, -0.25) is 23.1 Å². The molecule has 0 aliphatic carbocycles. The van der Waals surface area contributed by atoms with Gasteiger partial charge in [0.2, 0.25) is 11.7 Å². The number of rotatable bonds is 4. The fourth-order valence-electron chi connectivity index (χ4n) is 3.51. The zero-order valence-electron chi connectivity index (χ0n) is 15.8. The summed E-state index contributed by atoms with van der Waals surface area (Å²) >= 11 is 0. The maximum atomic E-state index is 12.9. The second-order valence-corrected chi connectivity index (χ2v) is 6.78. The maximum Gasteiger partial charge on any atom is 0.332 e. The Labute approximate surface area is 159 Å². The molecule has 0 aliphatic rings. The average molecular weight is 380 g/mol. The van der Waals surface area contributed by atoms with Crippen LogP contribution in [-0.2, 0) is 24.8 Å². The molecule has 0 saturated heterocycles. The van der Waals surface area contributed by atoms with Gasteiger partial charge >= 0.3 is 5.69 Å². The van der Waals surface area contributed by atoms with E-state index in [4.69, 9.17) is 5.73 Å². The number of carbonyl (C=O) groups excluding carboxylic acids is 1. The number of imidazole rings is 2. The van der Waals surface area contributed by atoms with Crippen LogP contribution in [-0.4, -0.2) is 29.0 Å². The Morgan fingerprint density at radius 2 is 1.86 bits per heavy atom. The highest BCUT2D eigenvalue weighted by Crippen LogP contribution is 2.21. The van der Waals surface area contributed by atoms with Gasteiger partial charge in [0.1, 0.15) is 6.54 Å². The summed E-state index contributed by atoms with van der Waals surface area (Å²) in [6.45, 7) is 3.53. The van der Waals surface area contributed by atoms with Crippen molar-refractivity contribution in [2.24, 2.45) is 12.8 Å². The third-order valence-electron chi connectivity index (χ3n) is 4.94. The van der Waals surface area contributed by atoms with E-state index in [1.54, 1.807) is 10.6 Å². The minimum Gasteiger partial charge on any atom is -0.368 e. The Kier molecular flexibility index (Phi) is 3.95. The van der Waals surface area contributed by atoms with Crippen LogP contribution in [0.1, 0.15) is 18.2 Å². The zero-order chi connectivity index (χ0) is 20.2. The summed E-state index contributed by atoms with van der Waals surface area (Å²) in [4.78, 5) is 41.3. The first kappa shape index (κ1) is 17.8. The molecule has 3 aromatic heterocycles. The minimum absolute atomic E-state index is 0.227. The predicted molar refractivity (Wildman–Crippen MR) is 105 cm³/mol. The largest absolute Gasteiger partial charge is 0.368 e. The second-order valence-electron chi connectivity index (χ2n) is 6.78. The SMILES string of the molecule is CCc1ccc(-n2c(C)cn3c4c(=O)n(CC(N)=O)c(=O)n(C)c4nc23)cc1. The summed E-state index contributed by atoms with van der Waals surface area (Å²) < 4.78 is 5.66. The first-order chi connectivity index (χ1) is 13.3. The highest BCUT2D eigenvalue weighted by Gasteiger charge is 2.21. The lowest BCUT2D eigenvalue weighted by Gasteiger charge is -2.07. The van der Waals surface area contributed by atoms with Gasteiger partial charge < -0.3 is 5.73 Å². The van der Waals surface area contributed by atoms with Crippen molar-refractivity contribution in [3.63, 3.8) is 0 Å². The second kappa shape index (κ2) is 6.22. The van der Waals surface area contributed by atoms with Crippen molar-refractivity contribution in [2.75, 3.05) is 0 Å². The molecule has 1 aromatic carbocycles. The Morgan fingerprint density at radius 3 is 2.46 bits per heavy atom. The van der Waals surface area contributed by atoms with Gasteiger partial charge in [-0.15, -0.1) is 0 Å². The van der Waals surface area contributed by atoms with Gasteiger partial charge in [-0.1, -0.05) is 19.1 Å². The molecule has 0 bridgehead atoms. The molecule has 0 saturated carbocycles. The van der Waals surface area contributed by atoms with Gasteiger partial charge in [-0.05, 0) is 31.0 Å². The Balaban J connectivity index is 2.07. The van der Waals surface area contributed by atoms with Crippen LogP contribution in [0, 0.1) is 6.92 Å². The molecule has 0 spiro atoms. The molecule has 2 N–H and O–H groups in total. The number of benzene rings is 1. The Bertz CT molecular complexity index is 1350. The number of fused-ring (bicyclic) bond motifs is 3. The molecule has 1 amide bonds. The molecule has 3 heterocycles. The van der Waals surface area contributed by atoms with E-state index in [1.165, 1.54) is 17.2 Å². The summed E-state index contributed by atoms with van der Waals surface area (Å²) in [5.41, 5.74) is 7.45. The standard InChI is InChI=1S/C19H20N6O3/c1-4-12-5-7-13(8-6-12)25-11(2)9-23-15-16(21-18(23)25)22(3)19(28)24(17(15)27)10-14(20)26/h5-9H,4,10H2,1-3H3,(H2,20,26). The van der Waals surface area contributed by atoms with E-state index in [0.29, 0.717) is 5.78 Å². The first-order valence-electron chi connectivity index (χ1n) is 8.91. The molecule has 4 aromatic rings. The van der Waals surface area contributed by atoms with Crippen molar-refractivity contribution < 1.29 is 4.79 Å². The van der Waals surface area contributed by atoms with Crippen molar-refractivity contribution in [3.8, 4) is 5.69 Å². The molecule has 0 atom stereocenters. The van der Waals surface area contributed by atoms with Gasteiger partial charge in [0.25, 0.3) is 5.56 Å². The van der Waals surface area contributed by atoms with E-state index >= 15 is 0 Å². The van der Waals surface area contributed by atoms with Crippen LogP contribution in [0.15, 0.2) is 40.1 Å². The summed E-state index contributed by atoms with van der Waals surface area (Å²) in [7, 11) is 1.52. The highest BCUT2D eigenvalue weighted by molar-refractivity contribution is 5.77. The van der Waals surface area contributed by atoms with E-state index in [9.17, 15) is 14.4 Å². The van der Waals surface area contributed by atoms with Crippen LogP contribution in [0.5, 0.6) is 0 Å². The molecule has 144 valence electrons. The van der Waals surface area contributed by atoms with E-state index in [2.05, 4.69) is 11.9 Å². The Morgan fingerprint density at radius 1 is 1.18 bits per heavy atom. The van der Waals surface area contributed by atoms with Gasteiger partial charge in [0.05, 0.1) is 0 Å². The molecule has 28 heavy (non-hydrogen) atoms. The molecule has 0 aliphatic heterocycles. The van der Waals surface area contributed by atoms with Gasteiger partial charge in [-0.25, -0.2) is 9.36 Å².